The van der Waals surface area contributed by atoms with Gasteiger partial charge in [-0.25, -0.2) is 0 Å². The van der Waals surface area contributed by atoms with Crippen LogP contribution < -0.4 is 10.3 Å². The summed E-state index contributed by atoms with van der Waals surface area (Å²) in [6, 6.07) is 11.0. The molecule has 4 rings (SSSR count). The van der Waals surface area contributed by atoms with E-state index in [-0.39, 0.29) is 17.8 Å². The Hall–Kier alpha value is -3.89. The van der Waals surface area contributed by atoms with E-state index in [2.05, 4.69) is 37.1 Å². The molecule has 0 unspecified atom stereocenters. The van der Waals surface area contributed by atoms with Crippen molar-refractivity contribution in [3.05, 3.63) is 59.1 Å². The predicted molar refractivity (Wildman–Crippen MR) is 129 cm³/mol. The van der Waals surface area contributed by atoms with E-state index in [0.29, 0.717) is 42.0 Å². The zero-order valence-corrected chi connectivity index (χ0v) is 19.8. The Morgan fingerprint density at radius 3 is 2.56 bits per heavy atom. The van der Waals surface area contributed by atoms with Crippen LogP contribution in [0.3, 0.4) is 0 Å². The van der Waals surface area contributed by atoms with Crippen LogP contribution in [0.15, 0.2) is 53.6 Å². The number of benzene rings is 1. The number of aromatic amines is 2. The molecule has 36 heavy (non-hydrogen) atoms. The van der Waals surface area contributed by atoms with Gasteiger partial charge in [0.05, 0.1) is 12.2 Å². The zero-order valence-electron chi connectivity index (χ0n) is 19.8. The normalized spacial score (nSPS) is 11.7. The average molecular weight is 501 g/mol. The largest absolute Gasteiger partial charge is 0.494 e. The minimum atomic E-state index is -4.11. The molecule has 0 fully saturated rings. The molecule has 0 aliphatic heterocycles. The lowest BCUT2D eigenvalue weighted by Gasteiger charge is -2.10. The molecule has 0 atom stereocenters. The second kappa shape index (κ2) is 11.2. The van der Waals surface area contributed by atoms with Crippen LogP contribution in [0.5, 0.6) is 5.75 Å². The molecule has 2 N–H and O–H groups in total. The van der Waals surface area contributed by atoms with Crippen molar-refractivity contribution in [3.8, 4) is 39.5 Å². The van der Waals surface area contributed by atoms with Crippen LogP contribution >= 0.6 is 0 Å². The third-order valence-electron chi connectivity index (χ3n) is 5.68. The number of ether oxygens (including phenoxy) is 1. The number of H-pyrrole nitrogens is 2. The summed E-state index contributed by atoms with van der Waals surface area (Å²) >= 11 is 0. The van der Waals surface area contributed by atoms with Crippen molar-refractivity contribution in [1.82, 2.24) is 30.2 Å². The molecule has 11 heteroatoms. The molecule has 0 bridgehead atoms. The Kier molecular flexibility index (Phi) is 7.87. The number of rotatable bonds is 11. The van der Waals surface area contributed by atoms with Gasteiger partial charge in [-0.2, -0.15) is 18.4 Å². The highest BCUT2D eigenvalue weighted by atomic mass is 19.4. The summed E-state index contributed by atoms with van der Waals surface area (Å²) < 4.78 is 44.4. The zero-order chi connectivity index (χ0) is 25.5. The Bertz CT molecular complexity index is 1310. The molecule has 4 aromatic rings. The maximum Gasteiger partial charge on any atom is 0.389 e. The molecule has 0 saturated heterocycles. The maximum absolute atomic E-state index is 13.1. The number of nitrogens with one attached hydrogen (secondary N) is 2. The first-order valence-corrected chi connectivity index (χ1v) is 11.8. The number of pyridine rings is 1. The van der Waals surface area contributed by atoms with Crippen LogP contribution in [0.4, 0.5) is 13.2 Å². The minimum Gasteiger partial charge on any atom is -0.494 e. The van der Waals surface area contributed by atoms with Crippen LogP contribution in [-0.4, -0.2) is 43.0 Å². The third-order valence-corrected chi connectivity index (χ3v) is 5.68. The molecule has 1 aromatic carbocycles. The number of unbranched alkanes of at least 4 members (excludes halogenated alkanes) is 2. The molecule has 3 heterocycles. The van der Waals surface area contributed by atoms with Gasteiger partial charge in [0.2, 0.25) is 5.82 Å². The number of aryl methyl sites for hydroxylation is 1. The monoisotopic (exact) mass is 500 g/mol. The molecular weight excluding hydrogens is 473 g/mol. The minimum absolute atomic E-state index is 0.100. The lowest BCUT2D eigenvalue weighted by atomic mass is 10.00. The molecule has 3 aromatic heterocycles. The summed E-state index contributed by atoms with van der Waals surface area (Å²) in [5, 5.41) is 14.0. The summed E-state index contributed by atoms with van der Waals surface area (Å²) in [5.41, 5.74) is 2.92. The van der Waals surface area contributed by atoms with Gasteiger partial charge in [0.15, 0.2) is 0 Å². The fourth-order valence-electron chi connectivity index (χ4n) is 3.95. The maximum atomic E-state index is 13.1. The lowest BCUT2D eigenvalue weighted by Crippen LogP contribution is -2.12. The van der Waals surface area contributed by atoms with Crippen molar-refractivity contribution in [2.45, 2.75) is 51.7 Å². The topological polar surface area (TPSA) is 101 Å². The highest BCUT2D eigenvalue weighted by Gasteiger charge is 2.25. The van der Waals surface area contributed by atoms with Crippen LogP contribution in [0.1, 0.15) is 39.0 Å². The van der Waals surface area contributed by atoms with E-state index in [1.165, 1.54) is 0 Å². The Labute approximate surface area is 205 Å². The standard InChI is InChI=1S/C25H27F3N6O2/c1-2-12-34-13-10-18(16-34)20-15-21(29-24(35)22(20)23-30-32-33-31-23)17-6-8-19(9-7-17)36-14-5-3-4-11-25(26,27)28/h6-10,13,15-16H,2-5,11-12,14H2,1H3,(H,29,35)(H,30,31,32,33). The summed E-state index contributed by atoms with van der Waals surface area (Å²) in [4.78, 5) is 16.0. The van der Waals surface area contributed by atoms with Gasteiger partial charge in [0, 0.05) is 42.2 Å². The van der Waals surface area contributed by atoms with E-state index < -0.39 is 12.6 Å². The third kappa shape index (κ3) is 6.41. The quantitative estimate of drug-likeness (QED) is 0.261. The second-order valence-corrected chi connectivity index (χ2v) is 8.47. The van der Waals surface area contributed by atoms with Crippen molar-refractivity contribution >= 4 is 0 Å². The molecule has 8 nitrogen and oxygen atoms in total. The van der Waals surface area contributed by atoms with Gasteiger partial charge >= 0.3 is 6.18 Å². The predicted octanol–water partition coefficient (Wildman–Crippen LogP) is 5.60. The number of halogens is 3. The highest BCUT2D eigenvalue weighted by Crippen LogP contribution is 2.31. The van der Waals surface area contributed by atoms with E-state index in [1.54, 1.807) is 12.1 Å². The van der Waals surface area contributed by atoms with E-state index in [0.717, 1.165) is 24.1 Å². The van der Waals surface area contributed by atoms with Crippen LogP contribution in [0.25, 0.3) is 33.8 Å². The van der Waals surface area contributed by atoms with Crippen molar-refractivity contribution < 1.29 is 17.9 Å². The van der Waals surface area contributed by atoms with Gasteiger partial charge in [-0.05, 0) is 72.9 Å². The van der Waals surface area contributed by atoms with Crippen molar-refractivity contribution in [3.63, 3.8) is 0 Å². The Morgan fingerprint density at radius 1 is 1.06 bits per heavy atom. The smallest absolute Gasteiger partial charge is 0.389 e. The van der Waals surface area contributed by atoms with E-state index >= 15 is 0 Å². The molecule has 0 aliphatic rings. The van der Waals surface area contributed by atoms with Gasteiger partial charge in [-0.1, -0.05) is 6.92 Å². The molecule has 0 aliphatic carbocycles. The van der Waals surface area contributed by atoms with E-state index in [4.69, 9.17) is 4.74 Å². The number of hydrogen-bond donors (Lipinski definition) is 2. The van der Waals surface area contributed by atoms with Crippen LogP contribution in [-0.2, 0) is 6.54 Å². The molecule has 190 valence electrons. The van der Waals surface area contributed by atoms with Crippen LogP contribution in [0, 0.1) is 0 Å². The fourth-order valence-corrected chi connectivity index (χ4v) is 3.95. The Morgan fingerprint density at radius 2 is 1.86 bits per heavy atom. The highest BCUT2D eigenvalue weighted by molar-refractivity contribution is 5.82. The number of tetrazole rings is 1. The summed E-state index contributed by atoms with van der Waals surface area (Å²) in [6.07, 6.45) is 1.15. The second-order valence-electron chi connectivity index (χ2n) is 8.47. The molecule has 0 saturated carbocycles. The fraction of sp³-hybridized carbons (Fsp3) is 0.360. The van der Waals surface area contributed by atoms with Gasteiger partial charge in [-0.15, -0.1) is 10.2 Å². The first-order chi connectivity index (χ1) is 17.3. The van der Waals surface area contributed by atoms with Gasteiger partial charge in [-0.3, -0.25) is 4.79 Å². The summed E-state index contributed by atoms with van der Waals surface area (Å²) in [7, 11) is 0. The van der Waals surface area contributed by atoms with Crippen molar-refractivity contribution in [2.75, 3.05) is 6.61 Å². The summed E-state index contributed by atoms with van der Waals surface area (Å²) in [5.74, 6) is 0.817. The van der Waals surface area contributed by atoms with Crippen molar-refractivity contribution in [2.24, 2.45) is 0 Å². The average Bonchev–Trinajstić information content (AvgIpc) is 3.53. The van der Waals surface area contributed by atoms with Gasteiger partial charge in [0.25, 0.3) is 5.56 Å². The number of alkyl halides is 3. The first-order valence-electron chi connectivity index (χ1n) is 11.8. The van der Waals surface area contributed by atoms with E-state index in [9.17, 15) is 18.0 Å². The molecular formula is C25H27F3N6O2. The first kappa shape index (κ1) is 25.2. The van der Waals surface area contributed by atoms with Crippen molar-refractivity contribution in [1.29, 1.82) is 0 Å². The van der Waals surface area contributed by atoms with Gasteiger partial charge in [0.1, 0.15) is 5.75 Å². The van der Waals surface area contributed by atoms with Gasteiger partial charge < -0.3 is 14.3 Å². The molecule has 0 radical (unpaired) electrons. The molecule has 0 spiro atoms. The lowest BCUT2D eigenvalue weighted by molar-refractivity contribution is -0.135. The summed E-state index contributed by atoms with van der Waals surface area (Å²) in [6.45, 7) is 3.29. The Balaban J connectivity index is 1.52. The number of aromatic nitrogens is 6. The SMILES string of the molecule is CCCn1ccc(-c2cc(-c3ccc(OCCCCCC(F)(F)F)cc3)[nH]c(=O)c2-c2nn[nH]n2)c1. The number of hydrogen-bond acceptors (Lipinski definition) is 5. The number of nitrogens with zero attached hydrogens (tertiary/aromatic N) is 4. The van der Waals surface area contributed by atoms with E-state index in [1.807, 2.05) is 36.7 Å². The van der Waals surface area contributed by atoms with Crippen LogP contribution in [0.2, 0.25) is 0 Å². The molecule has 0 amide bonds.